The van der Waals surface area contributed by atoms with E-state index in [0.29, 0.717) is 58.3 Å². The number of nitrogens with zero attached hydrogens (tertiary/aromatic N) is 9. The van der Waals surface area contributed by atoms with Gasteiger partial charge in [0.25, 0.3) is 23.6 Å². The van der Waals surface area contributed by atoms with Crippen molar-refractivity contribution >= 4 is 85.1 Å². The van der Waals surface area contributed by atoms with Gasteiger partial charge in [0.1, 0.15) is 12.1 Å². The molecule has 10 rings (SSSR count). The minimum atomic E-state index is -0.204. The van der Waals surface area contributed by atoms with Gasteiger partial charge in [0.15, 0.2) is 0 Å². The number of fused-ring (bicyclic) bond motifs is 4. The Balaban J connectivity index is 0.000000170. The van der Waals surface area contributed by atoms with Crippen LogP contribution in [0.1, 0.15) is 87.7 Å². The Kier molecular flexibility index (Phi) is 16.6. The summed E-state index contributed by atoms with van der Waals surface area (Å²) >= 11 is 3.21. The molecule has 4 aromatic carbocycles. The van der Waals surface area contributed by atoms with E-state index in [1.165, 1.54) is 32.1 Å². The van der Waals surface area contributed by atoms with Gasteiger partial charge in [0.2, 0.25) is 0 Å². The van der Waals surface area contributed by atoms with Crippen molar-refractivity contribution < 1.29 is 19.2 Å². The molecule has 2 aromatic heterocycles. The molecule has 70 heavy (non-hydrogen) atoms. The lowest BCUT2D eigenvalue weighted by Gasteiger charge is -2.26. The highest BCUT2D eigenvalue weighted by Gasteiger charge is 2.36. The van der Waals surface area contributed by atoms with E-state index in [2.05, 4.69) is 110 Å². The maximum atomic E-state index is 12.7. The molecule has 1 N–H and O–H groups in total. The Labute approximate surface area is 423 Å². The summed E-state index contributed by atoms with van der Waals surface area (Å²) in [5, 5.41) is 25.4. The maximum absolute atomic E-state index is 12.7. The second kappa shape index (κ2) is 22.8. The molecule has 0 bridgehead atoms. The van der Waals surface area contributed by atoms with Gasteiger partial charge in [-0.25, -0.2) is 0 Å². The molecule has 0 radical (unpaired) electrons. The molecule has 6 heterocycles. The Morgan fingerprint density at radius 3 is 1.47 bits per heavy atom. The van der Waals surface area contributed by atoms with Crippen molar-refractivity contribution in [1.29, 1.82) is 10.5 Å². The largest absolute Gasteiger partial charge is 0.369 e. The Hall–Kier alpha value is -6.75. The number of imide groups is 2. The first kappa shape index (κ1) is 51.1. The predicted molar refractivity (Wildman–Crippen MR) is 279 cm³/mol. The average Bonchev–Trinajstić information content (AvgIpc) is 3.56. The third-order valence-electron chi connectivity index (χ3n) is 13.4. The van der Waals surface area contributed by atoms with Gasteiger partial charge in [-0.05, 0) is 124 Å². The molecule has 0 saturated carbocycles. The summed E-state index contributed by atoms with van der Waals surface area (Å²) in [6.45, 7) is 17.0. The van der Waals surface area contributed by atoms with E-state index in [1.807, 2.05) is 0 Å². The number of rotatable bonds is 7. The van der Waals surface area contributed by atoms with Gasteiger partial charge in [-0.15, -0.1) is 12.4 Å². The zero-order chi connectivity index (χ0) is 48.8. The smallest absolute Gasteiger partial charge is 0.261 e. The topological polar surface area (TPSA) is 170 Å². The normalized spacial score (nSPS) is 15.8. The monoisotopic (exact) mass is 1020 g/mol. The molecule has 6 aromatic rings. The number of hydrogen-bond donors (Lipinski definition) is 1. The summed E-state index contributed by atoms with van der Waals surface area (Å²) in [7, 11) is 0. The molecule has 360 valence electrons. The van der Waals surface area contributed by atoms with Crippen LogP contribution in [0.3, 0.4) is 0 Å². The molecule has 2 saturated heterocycles. The molecule has 0 atom stereocenters. The van der Waals surface area contributed by atoms with Crippen LogP contribution in [-0.2, 0) is 0 Å². The van der Waals surface area contributed by atoms with Crippen molar-refractivity contribution in [3.05, 3.63) is 141 Å². The summed E-state index contributed by atoms with van der Waals surface area (Å²) in [6.07, 6.45) is 5.42. The molecule has 4 aliphatic heterocycles. The van der Waals surface area contributed by atoms with Gasteiger partial charge in [-0.2, -0.15) is 10.5 Å². The fraction of sp³-hybridized carbons (Fsp3) is 0.333. The maximum Gasteiger partial charge on any atom is 0.261 e. The van der Waals surface area contributed by atoms with Gasteiger partial charge in [-0.1, -0.05) is 40.2 Å². The number of nitriles is 2. The van der Waals surface area contributed by atoms with Crippen molar-refractivity contribution in [1.82, 2.24) is 30.0 Å². The second-order valence-electron chi connectivity index (χ2n) is 17.7. The number of nitrogens with one attached hydrogen (secondary N) is 1. The van der Waals surface area contributed by atoms with Crippen LogP contribution < -0.4 is 15.1 Å². The highest BCUT2D eigenvalue weighted by molar-refractivity contribution is 9.09. The first-order valence-electron chi connectivity index (χ1n) is 23.4. The highest BCUT2D eigenvalue weighted by Crippen LogP contribution is 2.34. The number of carbonyl (C=O) groups excluding carboxylic acids is 4. The van der Waals surface area contributed by atoms with Gasteiger partial charge >= 0.3 is 0 Å². The van der Waals surface area contributed by atoms with Gasteiger partial charge < -0.3 is 15.1 Å². The van der Waals surface area contributed by atoms with E-state index in [4.69, 9.17) is 0 Å². The van der Waals surface area contributed by atoms with E-state index in [9.17, 15) is 29.7 Å². The Morgan fingerprint density at radius 2 is 1.00 bits per heavy atom. The summed E-state index contributed by atoms with van der Waals surface area (Å²) in [5.74, 6) is -0.788. The van der Waals surface area contributed by atoms with Gasteiger partial charge in [0, 0.05) is 87.4 Å². The molecule has 0 aliphatic carbocycles. The number of halogens is 2. The third-order valence-corrected chi connectivity index (χ3v) is 13.8. The first-order chi connectivity index (χ1) is 33.4. The van der Waals surface area contributed by atoms with Crippen LogP contribution in [0.25, 0.3) is 21.8 Å². The number of benzene rings is 4. The van der Waals surface area contributed by atoms with Crippen LogP contribution >= 0.6 is 28.3 Å². The number of anilines is 2. The predicted octanol–water partition coefficient (Wildman–Crippen LogP) is 8.15. The first-order valence-corrected chi connectivity index (χ1v) is 24.6. The van der Waals surface area contributed by atoms with E-state index < -0.39 is 0 Å². The fourth-order valence-corrected chi connectivity index (χ4v) is 9.77. The number of amides is 4. The minimum Gasteiger partial charge on any atom is -0.369 e. The van der Waals surface area contributed by atoms with Crippen LogP contribution in [0, 0.1) is 50.4 Å². The average molecular weight is 1020 g/mol. The van der Waals surface area contributed by atoms with Gasteiger partial charge in [-0.3, -0.25) is 43.8 Å². The SMILES string of the molecule is Cc1cc2ncc(C#N)c(N3CCCN(CCN4C(=O)c5ccccc5C4=O)CC3)c2cc1C.Cc1cc2ncc(C#N)c(N3CCCNCC3)c2cc1C.Cl.O=C1c2ccccc2C(=O)N1CCBr. The minimum absolute atomic E-state index is 0. The van der Waals surface area contributed by atoms with Crippen molar-refractivity contribution in [2.24, 2.45) is 0 Å². The number of aromatic nitrogens is 2. The lowest BCUT2D eigenvalue weighted by Crippen LogP contribution is -2.39. The van der Waals surface area contributed by atoms with Crippen molar-refractivity contribution in [2.75, 3.05) is 87.1 Å². The van der Waals surface area contributed by atoms with Gasteiger partial charge in [0.05, 0.1) is 55.8 Å². The summed E-state index contributed by atoms with van der Waals surface area (Å²) in [4.78, 5) is 67.2. The number of carbonyl (C=O) groups is 4. The van der Waals surface area contributed by atoms with Crippen LogP contribution in [0.15, 0.2) is 85.2 Å². The fourth-order valence-electron chi connectivity index (χ4n) is 9.42. The number of hydrogen-bond acceptors (Lipinski definition) is 12. The highest BCUT2D eigenvalue weighted by atomic mass is 79.9. The number of alkyl halides is 1. The molecule has 4 aliphatic rings. The van der Waals surface area contributed by atoms with E-state index in [0.717, 1.165) is 98.4 Å². The Bertz CT molecular complexity index is 3000. The lowest BCUT2D eigenvalue weighted by molar-refractivity contribution is 0.0630. The molecule has 0 unspecified atom stereocenters. The molecular weight excluding hydrogens is 968 g/mol. The molecule has 16 heteroatoms. The van der Waals surface area contributed by atoms with Crippen LogP contribution in [-0.4, -0.2) is 126 Å². The Morgan fingerprint density at radius 1 is 0.557 bits per heavy atom. The number of aryl methyl sites for hydroxylation is 4. The molecule has 14 nitrogen and oxygen atoms in total. The summed E-state index contributed by atoms with van der Waals surface area (Å²) < 4.78 is 0. The summed E-state index contributed by atoms with van der Waals surface area (Å²) in [5.41, 5.74) is 12.0. The standard InChI is InChI=1S/C27H27N5O2.C17H20N4.C10H8BrNO2.ClH/c1-18-14-23-24(15-19(18)2)29-17-20(16-28)25(23)31-9-5-8-30(10-12-31)11-13-32-26(33)21-6-3-4-7-22(21)27(32)34;1-12-8-15-16(9-13(12)2)20-11-14(10-18)17(15)21-6-3-4-19-5-7-21;11-5-6-12-9(13)7-3-1-2-4-8(7)10(12)14;/h3-4,6-7,14-15,17H,5,8-13H2,1-2H3;8-9,11,19H,3-7H2,1-2H3;1-4H,5-6H2;1H. The third kappa shape index (κ3) is 10.5. The van der Waals surface area contributed by atoms with Crippen LogP contribution in [0.4, 0.5) is 11.4 Å². The van der Waals surface area contributed by atoms with Crippen LogP contribution in [0.2, 0.25) is 0 Å². The van der Waals surface area contributed by atoms with Crippen molar-refractivity contribution in [2.45, 2.75) is 40.5 Å². The second-order valence-corrected chi connectivity index (χ2v) is 18.5. The van der Waals surface area contributed by atoms with Crippen molar-refractivity contribution in [3.8, 4) is 12.1 Å². The van der Waals surface area contributed by atoms with Crippen molar-refractivity contribution in [3.63, 3.8) is 0 Å². The lowest BCUT2D eigenvalue weighted by atomic mass is 10.0. The van der Waals surface area contributed by atoms with E-state index in [1.54, 1.807) is 60.9 Å². The van der Waals surface area contributed by atoms with E-state index in [-0.39, 0.29) is 36.0 Å². The molecule has 4 amide bonds. The molecule has 0 spiro atoms. The van der Waals surface area contributed by atoms with Crippen LogP contribution in [0.5, 0.6) is 0 Å². The summed E-state index contributed by atoms with van der Waals surface area (Å²) in [6, 6.07) is 27.1. The number of pyridine rings is 2. The van der Waals surface area contributed by atoms with E-state index >= 15 is 0 Å². The molecule has 2 fully saturated rings. The quantitative estimate of drug-likeness (QED) is 0.121. The molecular formula is C54H56BrClN10O4. The zero-order valence-corrected chi connectivity index (χ0v) is 42.3. The zero-order valence-electron chi connectivity index (χ0n) is 39.9.